The van der Waals surface area contributed by atoms with E-state index < -0.39 is 10.0 Å². The first kappa shape index (κ1) is 18.6. The maximum atomic E-state index is 12.8. The van der Waals surface area contributed by atoms with Crippen molar-refractivity contribution in [2.24, 2.45) is 0 Å². The molecule has 0 saturated heterocycles. The van der Waals surface area contributed by atoms with Gasteiger partial charge in [0.05, 0.1) is 4.90 Å². The van der Waals surface area contributed by atoms with Gasteiger partial charge in [-0.2, -0.15) is 0 Å². The van der Waals surface area contributed by atoms with Crippen LogP contribution in [0.2, 0.25) is 0 Å². The summed E-state index contributed by atoms with van der Waals surface area (Å²) in [5.41, 5.74) is 3.56. The molecule has 0 saturated carbocycles. The SMILES string of the molecule is Cc1cc(C)c(S(=O)(=O)NCC(CCO)c2ccccc2)c(C)c1. The van der Waals surface area contributed by atoms with E-state index in [-0.39, 0.29) is 19.1 Å². The van der Waals surface area contributed by atoms with E-state index in [0.717, 1.165) is 22.3 Å². The number of hydrogen-bond acceptors (Lipinski definition) is 3. The second-order valence-corrected chi connectivity index (χ2v) is 7.90. The van der Waals surface area contributed by atoms with E-state index in [1.165, 1.54) is 0 Å². The first-order valence-corrected chi connectivity index (χ1v) is 9.57. The van der Waals surface area contributed by atoms with Crippen LogP contribution in [0.3, 0.4) is 0 Å². The molecule has 1 unspecified atom stereocenters. The third-order valence-corrected chi connectivity index (χ3v) is 5.87. The third-order valence-electron chi connectivity index (χ3n) is 4.14. The highest BCUT2D eigenvalue weighted by Crippen LogP contribution is 2.23. The number of aliphatic hydroxyl groups excluding tert-OH is 1. The average Bonchev–Trinajstić information content (AvgIpc) is 2.51. The van der Waals surface area contributed by atoms with Crippen LogP contribution in [0.1, 0.15) is 34.6 Å². The van der Waals surface area contributed by atoms with Crippen molar-refractivity contribution in [1.29, 1.82) is 0 Å². The van der Waals surface area contributed by atoms with Crippen molar-refractivity contribution >= 4 is 10.0 Å². The first-order chi connectivity index (χ1) is 11.3. The van der Waals surface area contributed by atoms with Gasteiger partial charge in [0.1, 0.15) is 0 Å². The summed E-state index contributed by atoms with van der Waals surface area (Å²) in [5, 5.41) is 9.29. The summed E-state index contributed by atoms with van der Waals surface area (Å²) in [7, 11) is -3.59. The Morgan fingerprint density at radius 2 is 1.62 bits per heavy atom. The van der Waals surface area contributed by atoms with Crippen LogP contribution in [0.25, 0.3) is 0 Å². The van der Waals surface area contributed by atoms with Gasteiger partial charge in [-0.25, -0.2) is 13.1 Å². The molecule has 4 nitrogen and oxygen atoms in total. The third kappa shape index (κ3) is 4.44. The van der Waals surface area contributed by atoms with Gasteiger partial charge >= 0.3 is 0 Å². The fourth-order valence-corrected chi connectivity index (χ4v) is 4.67. The number of nitrogens with one attached hydrogen (secondary N) is 1. The van der Waals surface area contributed by atoms with E-state index in [9.17, 15) is 13.5 Å². The topological polar surface area (TPSA) is 66.4 Å². The van der Waals surface area contributed by atoms with Crippen LogP contribution in [0.15, 0.2) is 47.4 Å². The van der Waals surface area contributed by atoms with E-state index in [4.69, 9.17) is 0 Å². The van der Waals surface area contributed by atoms with Crippen LogP contribution < -0.4 is 4.72 Å². The van der Waals surface area contributed by atoms with E-state index in [1.807, 2.05) is 63.2 Å². The molecule has 0 aliphatic carbocycles. The van der Waals surface area contributed by atoms with E-state index in [2.05, 4.69) is 4.72 Å². The summed E-state index contributed by atoms with van der Waals surface area (Å²) in [5.74, 6) is -0.0583. The Kier molecular flexibility index (Phi) is 6.15. The Balaban J connectivity index is 2.23. The molecule has 24 heavy (non-hydrogen) atoms. The van der Waals surface area contributed by atoms with Gasteiger partial charge in [0.15, 0.2) is 0 Å². The molecular weight excluding hydrogens is 322 g/mol. The molecule has 2 aromatic rings. The van der Waals surface area contributed by atoms with Crippen LogP contribution >= 0.6 is 0 Å². The maximum Gasteiger partial charge on any atom is 0.241 e. The lowest BCUT2D eigenvalue weighted by molar-refractivity contribution is 0.275. The molecule has 0 aliphatic heterocycles. The van der Waals surface area contributed by atoms with Crippen molar-refractivity contribution in [2.75, 3.05) is 13.2 Å². The zero-order valence-electron chi connectivity index (χ0n) is 14.4. The molecule has 2 N–H and O–H groups in total. The van der Waals surface area contributed by atoms with Gasteiger partial charge in [-0.05, 0) is 49.8 Å². The van der Waals surface area contributed by atoms with Crippen molar-refractivity contribution in [3.05, 3.63) is 64.7 Å². The lowest BCUT2D eigenvalue weighted by atomic mass is 9.96. The monoisotopic (exact) mass is 347 g/mol. The highest BCUT2D eigenvalue weighted by molar-refractivity contribution is 7.89. The summed E-state index contributed by atoms with van der Waals surface area (Å²) in [6.07, 6.45) is 0.512. The number of aliphatic hydroxyl groups is 1. The van der Waals surface area contributed by atoms with E-state index >= 15 is 0 Å². The average molecular weight is 347 g/mol. The van der Waals surface area contributed by atoms with Crippen LogP contribution in [-0.4, -0.2) is 26.7 Å². The molecule has 0 aliphatic rings. The van der Waals surface area contributed by atoms with Gasteiger partial charge in [0.25, 0.3) is 0 Å². The fourth-order valence-electron chi connectivity index (χ4n) is 3.14. The predicted octanol–water partition coefficient (Wildman–Crippen LogP) is 3.06. The standard InChI is InChI=1S/C19H25NO3S/c1-14-11-15(2)19(16(3)12-14)24(22,23)20-13-18(9-10-21)17-7-5-4-6-8-17/h4-8,11-12,18,20-21H,9-10,13H2,1-3H3. The molecule has 1 atom stereocenters. The van der Waals surface area contributed by atoms with Gasteiger partial charge in [-0.3, -0.25) is 0 Å². The second-order valence-electron chi connectivity index (χ2n) is 6.20. The molecule has 0 fully saturated rings. The highest BCUT2D eigenvalue weighted by atomic mass is 32.2. The Morgan fingerprint density at radius 1 is 1.04 bits per heavy atom. The van der Waals surface area contributed by atoms with Crippen molar-refractivity contribution < 1.29 is 13.5 Å². The van der Waals surface area contributed by atoms with Gasteiger partial charge in [0.2, 0.25) is 10.0 Å². The molecule has 0 aromatic heterocycles. The zero-order valence-corrected chi connectivity index (χ0v) is 15.2. The molecule has 130 valence electrons. The lowest BCUT2D eigenvalue weighted by Crippen LogP contribution is -2.30. The summed E-state index contributed by atoms with van der Waals surface area (Å²) in [6, 6.07) is 13.4. The smallest absolute Gasteiger partial charge is 0.241 e. The van der Waals surface area contributed by atoms with Crippen LogP contribution in [0, 0.1) is 20.8 Å². The molecule has 0 bridgehead atoms. The Morgan fingerprint density at radius 3 is 2.17 bits per heavy atom. The number of rotatable bonds is 7. The Labute approximate surface area is 144 Å². The highest BCUT2D eigenvalue weighted by Gasteiger charge is 2.21. The minimum Gasteiger partial charge on any atom is -0.396 e. The Bertz CT molecular complexity index is 763. The quantitative estimate of drug-likeness (QED) is 0.809. The maximum absolute atomic E-state index is 12.8. The molecule has 0 radical (unpaired) electrons. The second kappa shape index (κ2) is 7.92. The van der Waals surface area contributed by atoms with Crippen molar-refractivity contribution in [2.45, 2.75) is 38.0 Å². The Hall–Kier alpha value is -1.69. The lowest BCUT2D eigenvalue weighted by Gasteiger charge is -2.19. The molecule has 0 heterocycles. The van der Waals surface area contributed by atoms with Gasteiger partial charge < -0.3 is 5.11 Å². The van der Waals surface area contributed by atoms with E-state index in [1.54, 1.807) is 0 Å². The predicted molar refractivity (Wildman–Crippen MR) is 96.7 cm³/mol. The zero-order chi connectivity index (χ0) is 17.7. The first-order valence-electron chi connectivity index (χ1n) is 8.08. The number of benzene rings is 2. The molecule has 2 rings (SSSR count). The minimum atomic E-state index is -3.59. The van der Waals surface area contributed by atoms with Crippen molar-refractivity contribution in [1.82, 2.24) is 4.72 Å². The van der Waals surface area contributed by atoms with Crippen molar-refractivity contribution in [3.8, 4) is 0 Å². The number of hydrogen-bond donors (Lipinski definition) is 2. The summed E-state index contributed by atoms with van der Waals surface area (Å²) in [6.45, 7) is 5.87. The summed E-state index contributed by atoms with van der Waals surface area (Å²) >= 11 is 0. The molecule has 5 heteroatoms. The van der Waals surface area contributed by atoms with Crippen LogP contribution in [-0.2, 0) is 10.0 Å². The van der Waals surface area contributed by atoms with Gasteiger partial charge in [-0.1, -0.05) is 48.0 Å². The molecular formula is C19H25NO3S. The summed E-state index contributed by atoms with van der Waals surface area (Å²) < 4.78 is 28.2. The van der Waals surface area contributed by atoms with Crippen LogP contribution in [0.4, 0.5) is 0 Å². The minimum absolute atomic E-state index is 0.0177. The fraction of sp³-hybridized carbons (Fsp3) is 0.368. The van der Waals surface area contributed by atoms with Crippen LogP contribution in [0.5, 0.6) is 0 Å². The van der Waals surface area contributed by atoms with E-state index in [0.29, 0.717) is 11.3 Å². The molecule has 0 amide bonds. The largest absolute Gasteiger partial charge is 0.396 e. The van der Waals surface area contributed by atoms with Crippen molar-refractivity contribution in [3.63, 3.8) is 0 Å². The molecule has 0 spiro atoms. The number of aryl methyl sites for hydroxylation is 3. The van der Waals surface area contributed by atoms with Gasteiger partial charge in [-0.15, -0.1) is 0 Å². The number of sulfonamides is 1. The normalized spacial score (nSPS) is 13.0. The summed E-state index contributed by atoms with van der Waals surface area (Å²) in [4.78, 5) is 0.351. The van der Waals surface area contributed by atoms with Gasteiger partial charge in [0, 0.05) is 13.2 Å². The molecule has 2 aromatic carbocycles.